The Balaban J connectivity index is 2.35. The van der Waals surface area contributed by atoms with Crippen molar-refractivity contribution in [3.8, 4) is 0 Å². The zero-order chi connectivity index (χ0) is 11.3. The minimum atomic E-state index is -0.796. The van der Waals surface area contributed by atoms with Gasteiger partial charge in [0.15, 0.2) is 0 Å². The quantitative estimate of drug-likeness (QED) is 0.725. The first-order valence-corrected chi connectivity index (χ1v) is 5.57. The molecule has 0 aliphatic heterocycles. The molecule has 1 unspecified atom stereocenters. The van der Waals surface area contributed by atoms with E-state index in [2.05, 4.69) is 5.32 Å². The SMILES string of the molecule is CC(=O)NCC(CC1CCCC1)C(=O)O. The molecule has 0 bridgehead atoms. The smallest absolute Gasteiger partial charge is 0.308 e. The molecule has 1 aliphatic carbocycles. The Morgan fingerprint density at radius 2 is 2.00 bits per heavy atom. The number of nitrogens with one attached hydrogen (secondary N) is 1. The molecular formula is C11H19NO3. The van der Waals surface area contributed by atoms with Crippen LogP contribution in [0.1, 0.15) is 39.0 Å². The molecule has 1 aliphatic rings. The van der Waals surface area contributed by atoms with Crippen LogP contribution in [0.25, 0.3) is 0 Å². The number of carbonyl (C=O) groups excluding carboxylic acids is 1. The fraction of sp³-hybridized carbons (Fsp3) is 0.818. The molecule has 4 nitrogen and oxygen atoms in total. The number of rotatable bonds is 5. The largest absolute Gasteiger partial charge is 0.481 e. The summed E-state index contributed by atoms with van der Waals surface area (Å²) in [6, 6.07) is 0. The van der Waals surface area contributed by atoms with Crippen molar-refractivity contribution in [1.29, 1.82) is 0 Å². The summed E-state index contributed by atoms with van der Waals surface area (Å²) < 4.78 is 0. The average Bonchev–Trinajstić information content (AvgIpc) is 2.63. The standard InChI is InChI=1S/C11H19NO3/c1-8(13)12-7-10(11(14)15)6-9-4-2-3-5-9/h9-10H,2-7H2,1H3,(H,12,13)(H,14,15). The first-order chi connectivity index (χ1) is 7.09. The molecule has 1 saturated carbocycles. The lowest BCUT2D eigenvalue weighted by Crippen LogP contribution is -2.32. The summed E-state index contributed by atoms with van der Waals surface area (Å²) >= 11 is 0. The van der Waals surface area contributed by atoms with Crippen molar-refractivity contribution >= 4 is 11.9 Å². The van der Waals surface area contributed by atoms with Crippen LogP contribution in [-0.4, -0.2) is 23.5 Å². The molecule has 0 heterocycles. The van der Waals surface area contributed by atoms with Crippen LogP contribution in [0.2, 0.25) is 0 Å². The van der Waals surface area contributed by atoms with E-state index in [0.717, 1.165) is 12.8 Å². The van der Waals surface area contributed by atoms with E-state index in [4.69, 9.17) is 5.11 Å². The van der Waals surface area contributed by atoms with Crippen LogP contribution in [0.3, 0.4) is 0 Å². The molecule has 4 heteroatoms. The minimum absolute atomic E-state index is 0.160. The van der Waals surface area contributed by atoms with Crippen molar-refractivity contribution < 1.29 is 14.7 Å². The van der Waals surface area contributed by atoms with Crippen LogP contribution in [-0.2, 0) is 9.59 Å². The maximum atomic E-state index is 10.9. The maximum Gasteiger partial charge on any atom is 0.308 e. The number of aliphatic carboxylic acids is 1. The molecular weight excluding hydrogens is 194 g/mol. The first-order valence-electron chi connectivity index (χ1n) is 5.57. The van der Waals surface area contributed by atoms with Gasteiger partial charge in [-0.2, -0.15) is 0 Å². The highest BCUT2D eigenvalue weighted by Crippen LogP contribution is 2.30. The van der Waals surface area contributed by atoms with Gasteiger partial charge in [0.25, 0.3) is 0 Å². The van der Waals surface area contributed by atoms with E-state index in [0.29, 0.717) is 12.3 Å². The van der Waals surface area contributed by atoms with Gasteiger partial charge in [-0.15, -0.1) is 0 Å². The third-order valence-electron chi connectivity index (χ3n) is 3.04. The summed E-state index contributed by atoms with van der Waals surface area (Å²) in [4.78, 5) is 21.7. The van der Waals surface area contributed by atoms with Crippen LogP contribution in [0.15, 0.2) is 0 Å². The second-order valence-electron chi connectivity index (χ2n) is 4.36. The normalized spacial score (nSPS) is 18.7. The molecule has 1 amide bonds. The average molecular weight is 213 g/mol. The highest BCUT2D eigenvalue weighted by atomic mass is 16.4. The Bertz CT molecular complexity index is 234. The topological polar surface area (TPSA) is 66.4 Å². The molecule has 15 heavy (non-hydrogen) atoms. The molecule has 1 rings (SSSR count). The van der Waals surface area contributed by atoms with Gasteiger partial charge in [-0.25, -0.2) is 0 Å². The van der Waals surface area contributed by atoms with E-state index in [1.807, 2.05) is 0 Å². The van der Waals surface area contributed by atoms with E-state index >= 15 is 0 Å². The van der Waals surface area contributed by atoms with Gasteiger partial charge in [-0.3, -0.25) is 9.59 Å². The van der Waals surface area contributed by atoms with Crippen LogP contribution in [0, 0.1) is 11.8 Å². The Kier molecular flexibility index (Phi) is 4.59. The number of carboxylic acids is 1. The second-order valence-corrected chi connectivity index (χ2v) is 4.36. The highest BCUT2D eigenvalue weighted by Gasteiger charge is 2.24. The number of hydrogen-bond donors (Lipinski definition) is 2. The van der Waals surface area contributed by atoms with Gasteiger partial charge in [-0.05, 0) is 12.3 Å². The van der Waals surface area contributed by atoms with Crippen molar-refractivity contribution in [2.45, 2.75) is 39.0 Å². The van der Waals surface area contributed by atoms with Crippen LogP contribution in [0.5, 0.6) is 0 Å². The Morgan fingerprint density at radius 3 is 2.47 bits per heavy atom. The molecule has 0 aromatic rings. The van der Waals surface area contributed by atoms with E-state index < -0.39 is 11.9 Å². The molecule has 86 valence electrons. The summed E-state index contributed by atoms with van der Waals surface area (Å²) in [5.74, 6) is -0.833. The molecule has 1 fully saturated rings. The minimum Gasteiger partial charge on any atom is -0.481 e. The predicted octanol–water partition coefficient (Wildman–Crippen LogP) is 1.40. The van der Waals surface area contributed by atoms with Gasteiger partial charge in [0.1, 0.15) is 0 Å². The van der Waals surface area contributed by atoms with Crippen LogP contribution in [0.4, 0.5) is 0 Å². The number of carbonyl (C=O) groups is 2. The number of hydrogen-bond acceptors (Lipinski definition) is 2. The summed E-state index contributed by atoms with van der Waals surface area (Å²) in [6.45, 7) is 1.68. The Morgan fingerprint density at radius 1 is 1.40 bits per heavy atom. The van der Waals surface area contributed by atoms with Crippen molar-refractivity contribution in [1.82, 2.24) is 5.32 Å². The summed E-state index contributed by atoms with van der Waals surface area (Å²) in [5.41, 5.74) is 0. The molecule has 1 atom stereocenters. The number of amides is 1. The summed E-state index contributed by atoms with van der Waals surface area (Å²) in [6.07, 6.45) is 5.43. The lowest BCUT2D eigenvalue weighted by molar-refractivity contribution is -0.142. The first kappa shape index (κ1) is 12.0. The highest BCUT2D eigenvalue weighted by molar-refractivity contribution is 5.75. The summed E-state index contributed by atoms with van der Waals surface area (Å²) in [5, 5.41) is 11.6. The fourth-order valence-corrected chi connectivity index (χ4v) is 2.19. The molecule has 0 aromatic heterocycles. The number of carboxylic acid groups (broad SMARTS) is 1. The van der Waals surface area contributed by atoms with Gasteiger partial charge in [0.2, 0.25) is 5.91 Å². The van der Waals surface area contributed by atoms with Crippen molar-refractivity contribution in [3.05, 3.63) is 0 Å². The lowest BCUT2D eigenvalue weighted by Gasteiger charge is -2.16. The maximum absolute atomic E-state index is 10.9. The van der Waals surface area contributed by atoms with Gasteiger partial charge in [-0.1, -0.05) is 25.7 Å². The van der Waals surface area contributed by atoms with Crippen molar-refractivity contribution in [2.24, 2.45) is 11.8 Å². The Hall–Kier alpha value is -1.06. The van der Waals surface area contributed by atoms with Crippen molar-refractivity contribution in [3.63, 3.8) is 0 Å². The van der Waals surface area contributed by atoms with Gasteiger partial charge >= 0.3 is 5.97 Å². The van der Waals surface area contributed by atoms with Gasteiger partial charge < -0.3 is 10.4 Å². The monoisotopic (exact) mass is 213 g/mol. The van der Waals surface area contributed by atoms with E-state index in [9.17, 15) is 9.59 Å². The predicted molar refractivity (Wildman–Crippen MR) is 56.4 cm³/mol. The van der Waals surface area contributed by atoms with E-state index in [1.54, 1.807) is 0 Å². The zero-order valence-electron chi connectivity index (χ0n) is 9.16. The second kappa shape index (κ2) is 5.73. The molecule has 0 radical (unpaired) electrons. The van der Waals surface area contributed by atoms with Crippen LogP contribution < -0.4 is 5.32 Å². The molecule has 0 spiro atoms. The lowest BCUT2D eigenvalue weighted by atomic mass is 9.93. The third-order valence-corrected chi connectivity index (χ3v) is 3.04. The van der Waals surface area contributed by atoms with Crippen LogP contribution >= 0.6 is 0 Å². The molecule has 0 saturated heterocycles. The Labute approximate surface area is 90.0 Å². The fourth-order valence-electron chi connectivity index (χ4n) is 2.19. The van der Waals surface area contributed by atoms with Gasteiger partial charge in [0, 0.05) is 13.5 Å². The van der Waals surface area contributed by atoms with E-state index in [1.165, 1.54) is 19.8 Å². The zero-order valence-corrected chi connectivity index (χ0v) is 9.16. The molecule has 2 N–H and O–H groups in total. The van der Waals surface area contributed by atoms with E-state index in [-0.39, 0.29) is 12.5 Å². The summed E-state index contributed by atoms with van der Waals surface area (Å²) in [7, 11) is 0. The molecule has 0 aromatic carbocycles. The van der Waals surface area contributed by atoms with Crippen molar-refractivity contribution in [2.75, 3.05) is 6.54 Å². The third kappa shape index (κ3) is 4.32. The van der Waals surface area contributed by atoms with Gasteiger partial charge in [0.05, 0.1) is 5.92 Å².